The molecule has 0 spiro atoms. The first-order valence-electron chi connectivity index (χ1n) is 7.26. The number of carboxylic acids is 1. The molecule has 0 aliphatic rings. The van der Waals surface area contributed by atoms with Gasteiger partial charge in [0, 0.05) is 20.2 Å². The number of hydrogen-bond donors (Lipinski definition) is 2. The average Bonchev–Trinajstić information content (AvgIpc) is 2.55. The maximum atomic E-state index is 13.0. The predicted molar refractivity (Wildman–Crippen MR) is 85.8 cm³/mol. The van der Waals surface area contributed by atoms with Gasteiger partial charge < -0.3 is 10.4 Å². The Balaban J connectivity index is 2.38. The number of halogens is 1. The van der Waals surface area contributed by atoms with Crippen LogP contribution in [0.4, 0.5) is 4.39 Å². The van der Waals surface area contributed by atoms with Crippen molar-refractivity contribution in [3.05, 3.63) is 68.2 Å². The number of rotatable bonds is 5. The van der Waals surface area contributed by atoms with Gasteiger partial charge in [-0.05, 0) is 17.7 Å². The summed E-state index contributed by atoms with van der Waals surface area (Å²) < 4.78 is 14.9. The van der Waals surface area contributed by atoms with E-state index in [9.17, 15) is 23.6 Å². The van der Waals surface area contributed by atoms with Crippen LogP contribution in [0.5, 0.6) is 0 Å². The zero-order valence-electron chi connectivity index (χ0n) is 13.5. The van der Waals surface area contributed by atoms with Crippen molar-refractivity contribution < 1.29 is 19.1 Å². The van der Waals surface area contributed by atoms with Crippen LogP contribution in [0.25, 0.3) is 0 Å². The van der Waals surface area contributed by atoms with Gasteiger partial charge in [0.1, 0.15) is 11.5 Å². The number of amides is 1. The highest BCUT2D eigenvalue weighted by Crippen LogP contribution is 2.18. The summed E-state index contributed by atoms with van der Waals surface area (Å²) in [6.07, 6.45) is -0.448. The van der Waals surface area contributed by atoms with E-state index in [1.165, 1.54) is 26.2 Å². The van der Waals surface area contributed by atoms with Crippen LogP contribution in [-0.2, 0) is 18.9 Å². The van der Waals surface area contributed by atoms with E-state index in [1.54, 1.807) is 0 Å². The van der Waals surface area contributed by atoms with Crippen LogP contribution in [0, 0.1) is 5.82 Å². The van der Waals surface area contributed by atoms with Gasteiger partial charge in [-0.3, -0.25) is 23.5 Å². The summed E-state index contributed by atoms with van der Waals surface area (Å²) in [5.74, 6) is -2.46. The van der Waals surface area contributed by atoms with Gasteiger partial charge in [-0.1, -0.05) is 12.1 Å². The minimum atomic E-state index is -1.17. The number of aromatic nitrogens is 2. The zero-order valence-corrected chi connectivity index (χ0v) is 13.5. The van der Waals surface area contributed by atoms with Gasteiger partial charge in [0.2, 0.25) is 0 Å². The Labute approximate surface area is 141 Å². The Kier molecular flexibility index (Phi) is 5.16. The summed E-state index contributed by atoms with van der Waals surface area (Å²) in [6.45, 7) is 0. The molecule has 9 heteroatoms. The number of nitrogens with one attached hydrogen (secondary N) is 1. The molecule has 0 bridgehead atoms. The molecule has 0 aliphatic carbocycles. The Morgan fingerprint density at radius 2 is 1.76 bits per heavy atom. The predicted octanol–water partition coefficient (Wildman–Crippen LogP) is 0.169. The fourth-order valence-corrected chi connectivity index (χ4v) is 2.30. The number of aliphatic carboxylic acids is 1. The van der Waals surface area contributed by atoms with Crippen molar-refractivity contribution in [2.24, 2.45) is 14.1 Å². The molecule has 132 valence electrons. The lowest BCUT2D eigenvalue weighted by molar-refractivity contribution is -0.137. The third-order valence-corrected chi connectivity index (χ3v) is 3.72. The van der Waals surface area contributed by atoms with Crippen LogP contribution < -0.4 is 16.6 Å². The highest BCUT2D eigenvalue weighted by atomic mass is 19.1. The second-order valence-electron chi connectivity index (χ2n) is 5.44. The van der Waals surface area contributed by atoms with Gasteiger partial charge in [0.15, 0.2) is 0 Å². The summed E-state index contributed by atoms with van der Waals surface area (Å²) in [5, 5.41) is 11.5. The van der Waals surface area contributed by atoms with Gasteiger partial charge in [-0.2, -0.15) is 0 Å². The highest BCUT2D eigenvalue weighted by Gasteiger charge is 2.21. The van der Waals surface area contributed by atoms with Crippen molar-refractivity contribution in [3.63, 3.8) is 0 Å². The van der Waals surface area contributed by atoms with E-state index >= 15 is 0 Å². The van der Waals surface area contributed by atoms with Crippen LogP contribution in [0.15, 0.2) is 39.9 Å². The van der Waals surface area contributed by atoms with Gasteiger partial charge in [0.25, 0.3) is 11.5 Å². The number of benzene rings is 1. The quantitative estimate of drug-likeness (QED) is 0.799. The van der Waals surface area contributed by atoms with E-state index in [1.807, 2.05) is 0 Å². The van der Waals surface area contributed by atoms with Crippen LogP contribution in [0.1, 0.15) is 28.5 Å². The van der Waals surface area contributed by atoms with Crippen molar-refractivity contribution >= 4 is 11.9 Å². The first-order chi connectivity index (χ1) is 11.7. The fraction of sp³-hybridized carbons (Fsp3) is 0.250. The second-order valence-corrected chi connectivity index (χ2v) is 5.44. The molecular weight excluding hydrogens is 333 g/mol. The Morgan fingerprint density at radius 3 is 2.32 bits per heavy atom. The minimum absolute atomic E-state index is 0.203. The maximum Gasteiger partial charge on any atom is 0.331 e. The lowest BCUT2D eigenvalue weighted by Gasteiger charge is -2.18. The summed E-state index contributed by atoms with van der Waals surface area (Å²) in [6, 6.07) is 5.02. The summed E-state index contributed by atoms with van der Waals surface area (Å²) in [7, 11) is 2.60. The van der Waals surface area contributed by atoms with E-state index in [0.29, 0.717) is 5.56 Å². The molecule has 1 heterocycles. The number of carboxylic acid groups (broad SMARTS) is 1. The molecule has 0 fully saturated rings. The number of carbonyl (C=O) groups is 2. The van der Waals surface area contributed by atoms with Crippen molar-refractivity contribution in [3.8, 4) is 0 Å². The van der Waals surface area contributed by atoms with Gasteiger partial charge in [0.05, 0.1) is 12.5 Å². The first kappa shape index (κ1) is 18.1. The smallest absolute Gasteiger partial charge is 0.331 e. The minimum Gasteiger partial charge on any atom is -0.481 e. The van der Waals surface area contributed by atoms with E-state index in [4.69, 9.17) is 5.11 Å². The molecule has 2 aromatic rings. The van der Waals surface area contributed by atoms with E-state index in [0.717, 1.165) is 27.3 Å². The van der Waals surface area contributed by atoms with Gasteiger partial charge >= 0.3 is 11.7 Å². The molecule has 0 saturated heterocycles. The third-order valence-electron chi connectivity index (χ3n) is 3.72. The largest absolute Gasteiger partial charge is 0.481 e. The molecule has 0 aliphatic heterocycles. The summed E-state index contributed by atoms with van der Waals surface area (Å²) >= 11 is 0. The number of nitrogens with zero attached hydrogens (tertiary/aromatic N) is 2. The van der Waals surface area contributed by atoms with E-state index < -0.39 is 41.4 Å². The molecule has 25 heavy (non-hydrogen) atoms. The van der Waals surface area contributed by atoms with Crippen LogP contribution in [0.2, 0.25) is 0 Å². The molecule has 1 aromatic heterocycles. The van der Waals surface area contributed by atoms with Crippen molar-refractivity contribution in [2.75, 3.05) is 0 Å². The van der Waals surface area contributed by atoms with E-state index in [2.05, 4.69) is 5.32 Å². The van der Waals surface area contributed by atoms with Crippen LogP contribution in [0.3, 0.4) is 0 Å². The Morgan fingerprint density at radius 1 is 1.16 bits per heavy atom. The molecule has 1 aromatic carbocycles. The highest BCUT2D eigenvalue weighted by molar-refractivity contribution is 5.93. The summed E-state index contributed by atoms with van der Waals surface area (Å²) in [4.78, 5) is 47.1. The van der Waals surface area contributed by atoms with Crippen LogP contribution >= 0.6 is 0 Å². The first-order valence-corrected chi connectivity index (χ1v) is 7.26. The topological polar surface area (TPSA) is 110 Å². The lowest BCUT2D eigenvalue weighted by Crippen LogP contribution is -2.42. The van der Waals surface area contributed by atoms with Crippen molar-refractivity contribution in [2.45, 2.75) is 12.5 Å². The molecule has 0 saturated carbocycles. The molecule has 1 amide bonds. The SMILES string of the molecule is Cn1c(C(=O)NC(CC(=O)O)c2ccc(F)cc2)cc(=O)n(C)c1=O. The summed E-state index contributed by atoms with van der Waals surface area (Å²) in [5.41, 5.74) is -1.17. The van der Waals surface area contributed by atoms with Gasteiger partial charge in [-0.15, -0.1) is 0 Å². The second kappa shape index (κ2) is 7.12. The van der Waals surface area contributed by atoms with Crippen molar-refractivity contribution in [1.29, 1.82) is 0 Å². The maximum absolute atomic E-state index is 13.0. The molecule has 8 nitrogen and oxygen atoms in total. The third kappa shape index (κ3) is 4.00. The molecule has 1 unspecified atom stereocenters. The number of carbonyl (C=O) groups excluding carboxylic acids is 1. The Bertz CT molecular complexity index is 930. The molecule has 1 atom stereocenters. The molecular formula is C16H16FN3O5. The molecule has 0 radical (unpaired) electrons. The number of hydrogen-bond acceptors (Lipinski definition) is 4. The standard InChI is InChI=1S/C16H16FN3O5/c1-19-12(8-13(21)20(2)16(19)25)15(24)18-11(7-14(22)23)9-3-5-10(17)6-4-9/h3-6,8,11H,7H2,1-2H3,(H,18,24)(H,22,23). The Hall–Kier alpha value is -3.23. The normalized spacial score (nSPS) is 11.8. The molecule has 2 rings (SSSR count). The fourth-order valence-electron chi connectivity index (χ4n) is 2.30. The van der Waals surface area contributed by atoms with E-state index in [-0.39, 0.29) is 5.69 Å². The molecule has 2 N–H and O–H groups in total. The van der Waals surface area contributed by atoms with Crippen molar-refractivity contribution in [1.82, 2.24) is 14.5 Å². The average molecular weight is 349 g/mol. The van der Waals surface area contributed by atoms with Crippen LogP contribution in [-0.4, -0.2) is 26.1 Å². The lowest BCUT2D eigenvalue weighted by atomic mass is 10.0. The monoisotopic (exact) mass is 349 g/mol. The van der Waals surface area contributed by atoms with Gasteiger partial charge in [-0.25, -0.2) is 9.18 Å². The zero-order chi connectivity index (χ0) is 18.7.